The van der Waals surface area contributed by atoms with Crippen LogP contribution in [0.4, 0.5) is 17.6 Å². The summed E-state index contributed by atoms with van der Waals surface area (Å²) in [4.78, 5) is 6.03. The summed E-state index contributed by atoms with van der Waals surface area (Å²) in [5.74, 6) is -2.40. The van der Waals surface area contributed by atoms with Gasteiger partial charge in [0.2, 0.25) is 0 Å². The van der Waals surface area contributed by atoms with Crippen molar-refractivity contribution in [3.63, 3.8) is 0 Å². The maximum atomic E-state index is 12.8. The van der Waals surface area contributed by atoms with E-state index in [1.165, 1.54) is 28.1 Å². The van der Waals surface area contributed by atoms with Crippen LogP contribution in [0.5, 0.6) is 5.75 Å². The molecule has 0 aliphatic carbocycles. The van der Waals surface area contributed by atoms with Gasteiger partial charge in [0.25, 0.3) is 0 Å². The van der Waals surface area contributed by atoms with Gasteiger partial charge < -0.3 is 9.84 Å². The predicted octanol–water partition coefficient (Wildman–Crippen LogP) is 3.34. The summed E-state index contributed by atoms with van der Waals surface area (Å²) >= 11 is 1.46. The lowest BCUT2D eigenvalue weighted by Crippen LogP contribution is -2.41. The molecule has 0 atom stereocenters. The monoisotopic (exact) mass is 316 g/mol. The number of hydrogen-bond donors (Lipinski definition) is 1. The molecule has 0 unspecified atom stereocenters. The van der Waals surface area contributed by atoms with E-state index < -0.39 is 28.2 Å². The van der Waals surface area contributed by atoms with Crippen LogP contribution >= 0.6 is 15.9 Å². The SMILES string of the molecule is O=C(O)c1ccccc1OC(F)(F)C(F)(F)Br. The van der Waals surface area contributed by atoms with Crippen LogP contribution in [0, 0.1) is 0 Å². The molecule has 0 radical (unpaired) electrons. The Morgan fingerprint density at radius 1 is 1.24 bits per heavy atom. The molecule has 1 aromatic carbocycles. The van der Waals surface area contributed by atoms with Gasteiger partial charge in [-0.25, -0.2) is 4.79 Å². The van der Waals surface area contributed by atoms with Crippen LogP contribution in [-0.4, -0.2) is 22.0 Å². The first-order valence-corrected chi connectivity index (χ1v) is 4.90. The topological polar surface area (TPSA) is 46.5 Å². The van der Waals surface area contributed by atoms with Crippen molar-refractivity contribution < 1.29 is 32.2 Å². The Kier molecular flexibility index (Phi) is 3.65. The summed E-state index contributed by atoms with van der Waals surface area (Å²) in [5.41, 5.74) is -0.635. The molecule has 0 aliphatic heterocycles. The molecular formula is C9H5BrF4O3. The van der Waals surface area contributed by atoms with E-state index in [4.69, 9.17) is 5.11 Å². The molecule has 0 bridgehead atoms. The van der Waals surface area contributed by atoms with Gasteiger partial charge in [0.15, 0.2) is 0 Å². The minimum atomic E-state index is -4.86. The van der Waals surface area contributed by atoms with Crippen LogP contribution in [0.3, 0.4) is 0 Å². The van der Waals surface area contributed by atoms with Crippen molar-refractivity contribution in [1.29, 1.82) is 0 Å². The average Bonchev–Trinajstić information content (AvgIpc) is 2.15. The first-order chi connectivity index (χ1) is 7.65. The van der Waals surface area contributed by atoms with E-state index in [1.54, 1.807) is 0 Å². The first kappa shape index (κ1) is 13.8. The van der Waals surface area contributed by atoms with E-state index in [0.717, 1.165) is 12.1 Å². The molecule has 8 heteroatoms. The summed E-state index contributed by atoms with van der Waals surface area (Å²) in [6, 6.07) is 4.25. The van der Waals surface area contributed by atoms with Crippen LogP contribution < -0.4 is 4.74 Å². The van der Waals surface area contributed by atoms with Crippen LogP contribution in [0.15, 0.2) is 24.3 Å². The van der Waals surface area contributed by atoms with Crippen LogP contribution in [0.2, 0.25) is 0 Å². The van der Waals surface area contributed by atoms with Crippen molar-refractivity contribution in [3.05, 3.63) is 29.8 Å². The number of hydrogen-bond acceptors (Lipinski definition) is 2. The highest BCUT2D eigenvalue weighted by Crippen LogP contribution is 2.41. The lowest BCUT2D eigenvalue weighted by atomic mass is 10.2. The van der Waals surface area contributed by atoms with Crippen molar-refractivity contribution >= 4 is 21.9 Å². The molecule has 0 saturated heterocycles. The molecule has 0 heterocycles. The van der Waals surface area contributed by atoms with Crippen LogP contribution in [-0.2, 0) is 0 Å². The van der Waals surface area contributed by atoms with Gasteiger partial charge in [-0.15, -0.1) is 0 Å². The fourth-order valence-corrected chi connectivity index (χ4v) is 1.01. The molecule has 0 aromatic heterocycles. The molecule has 0 fully saturated rings. The zero-order valence-electron chi connectivity index (χ0n) is 7.96. The number of alkyl halides is 5. The number of carboxylic acid groups (broad SMARTS) is 1. The Morgan fingerprint density at radius 2 is 1.76 bits per heavy atom. The molecule has 0 spiro atoms. The molecule has 3 nitrogen and oxygen atoms in total. The van der Waals surface area contributed by atoms with Gasteiger partial charge in [0.1, 0.15) is 11.3 Å². The standard InChI is InChI=1S/C9H5BrF4O3/c10-8(11,12)9(13,14)17-6-4-2-1-3-5(6)7(15)16/h1-4H,(H,15,16). The smallest absolute Gasteiger partial charge is 0.475 e. The first-order valence-electron chi connectivity index (χ1n) is 4.11. The number of halogens is 5. The van der Waals surface area contributed by atoms with E-state index in [1.807, 2.05) is 0 Å². The van der Waals surface area contributed by atoms with Crippen molar-refractivity contribution in [2.24, 2.45) is 0 Å². The Hall–Kier alpha value is -1.31. The molecular weight excluding hydrogens is 312 g/mol. The van der Waals surface area contributed by atoms with Gasteiger partial charge in [-0.2, -0.15) is 17.6 Å². The average molecular weight is 317 g/mol. The zero-order chi connectivity index (χ0) is 13.3. The quantitative estimate of drug-likeness (QED) is 0.684. The summed E-state index contributed by atoms with van der Waals surface area (Å²) in [7, 11) is 0. The van der Waals surface area contributed by atoms with Gasteiger partial charge in [-0.1, -0.05) is 12.1 Å². The highest BCUT2D eigenvalue weighted by molar-refractivity contribution is 9.10. The summed E-state index contributed by atoms with van der Waals surface area (Å²) in [6.07, 6.45) is -4.86. The van der Waals surface area contributed by atoms with Gasteiger partial charge in [0.05, 0.1) is 0 Å². The molecule has 0 aliphatic rings. The minimum Gasteiger partial charge on any atom is -0.478 e. The maximum absolute atomic E-state index is 12.8. The zero-order valence-corrected chi connectivity index (χ0v) is 9.55. The molecule has 94 valence electrons. The largest absolute Gasteiger partial charge is 0.478 e. The Morgan fingerprint density at radius 3 is 2.24 bits per heavy atom. The minimum absolute atomic E-state index is 0.635. The van der Waals surface area contributed by atoms with Crippen LogP contribution in [0.25, 0.3) is 0 Å². The van der Waals surface area contributed by atoms with Gasteiger partial charge in [-0.3, -0.25) is 0 Å². The van der Waals surface area contributed by atoms with E-state index >= 15 is 0 Å². The molecule has 17 heavy (non-hydrogen) atoms. The third kappa shape index (κ3) is 3.09. The van der Waals surface area contributed by atoms with Crippen molar-refractivity contribution in [2.75, 3.05) is 0 Å². The lowest BCUT2D eigenvalue weighted by molar-refractivity contribution is -0.266. The summed E-state index contributed by atoms with van der Waals surface area (Å²) in [5, 5.41) is 8.64. The fourth-order valence-electron chi connectivity index (χ4n) is 0.928. The summed E-state index contributed by atoms with van der Waals surface area (Å²) in [6.45, 7) is 0. The number of aromatic carboxylic acids is 1. The molecule has 1 rings (SSSR count). The third-order valence-electron chi connectivity index (χ3n) is 1.69. The van der Waals surface area contributed by atoms with E-state index in [-0.39, 0.29) is 0 Å². The Balaban J connectivity index is 3.08. The third-order valence-corrected chi connectivity index (χ3v) is 2.15. The molecule has 0 amide bonds. The highest BCUT2D eigenvalue weighted by atomic mass is 79.9. The number of ether oxygens (including phenoxy) is 1. The van der Waals surface area contributed by atoms with E-state index in [2.05, 4.69) is 4.74 Å². The van der Waals surface area contributed by atoms with Gasteiger partial charge in [-0.05, 0) is 12.1 Å². The molecule has 1 aromatic rings. The molecule has 0 saturated carbocycles. The van der Waals surface area contributed by atoms with Gasteiger partial charge in [0, 0.05) is 15.9 Å². The molecule has 1 N–H and O–H groups in total. The van der Waals surface area contributed by atoms with Crippen molar-refractivity contribution in [1.82, 2.24) is 0 Å². The van der Waals surface area contributed by atoms with E-state index in [0.29, 0.717) is 0 Å². The lowest BCUT2D eigenvalue weighted by Gasteiger charge is -2.22. The highest BCUT2D eigenvalue weighted by Gasteiger charge is 2.58. The fraction of sp³-hybridized carbons (Fsp3) is 0.222. The second kappa shape index (κ2) is 4.52. The number of carboxylic acids is 1. The number of rotatable bonds is 4. The van der Waals surface area contributed by atoms with Crippen molar-refractivity contribution in [2.45, 2.75) is 10.9 Å². The second-order valence-electron chi connectivity index (χ2n) is 2.92. The number of carbonyl (C=O) groups is 1. The van der Waals surface area contributed by atoms with E-state index in [9.17, 15) is 22.4 Å². The Labute approximate surface area is 101 Å². The maximum Gasteiger partial charge on any atom is 0.475 e. The Bertz CT molecular complexity index is 430. The normalized spacial score (nSPS) is 12.3. The number of benzene rings is 1. The van der Waals surface area contributed by atoms with Crippen molar-refractivity contribution in [3.8, 4) is 5.75 Å². The van der Waals surface area contributed by atoms with Gasteiger partial charge >= 0.3 is 16.9 Å². The number of para-hydroxylation sites is 1. The predicted molar refractivity (Wildman–Crippen MR) is 52.9 cm³/mol. The summed E-state index contributed by atoms with van der Waals surface area (Å²) < 4.78 is 54.3. The van der Waals surface area contributed by atoms with Crippen LogP contribution in [0.1, 0.15) is 10.4 Å². The second-order valence-corrected chi connectivity index (χ2v) is 3.91.